The third kappa shape index (κ3) is 4.81. The predicted molar refractivity (Wildman–Crippen MR) is 110 cm³/mol. The summed E-state index contributed by atoms with van der Waals surface area (Å²) in [6.07, 6.45) is 1.71. The average Bonchev–Trinajstić information content (AvgIpc) is 3.28. The van der Waals surface area contributed by atoms with Crippen LogP contribution in [0.15, 0.2) is 67.0 Å². The molecular weight excluding hydrogens is 408 g/mol. The summed E-state index contributed by atoms with van der Waals surface area (Å²) in [5, 5.41) is 0. The van der Waals surface area contributed by atoms with E-state index in [0.29, 0.717) is 31.1 Å². The number of likely N-dealkylation sites (tertiary alicyclic amines) is 1. The van der Waals surface area contributed by atoms with Crippen molar-refractivity contribution in [2.24, 2.45) is 5.92 Å². The van der Waals surface area contributed by atoms with Crippen LogP contribution in [0, 0.1) is 11.7 Å². The number of piperidine rings is 1. The van der Waals surface area contributed by atoms with E-state index in [-0.39, 0.29) is 5.56 Å². The lowest BCUT2D eigenvalue weighted by Crippen LogP contribution is -2.39. The molecule has 1 amide bonds. The lowest BCUT2D eigenvalue weighted by molar-refractivity contribution is -0.140. The number of carbonyl (C=O) groups excluding carboxylic acids is 1. The molecule has 162 valence electrons. The molecule has 0 spiro atoms. The topological polar surface area (TPSA) is 25.2 Å². The number of nitrogens with zero attached hydrogens (tertiary/aromatic N) is 2. The highest BCUT2D eigenvalue weighted by Crippen LogP contribution is 2.32. The van der Waals surface area contributed by atoms with Gasteiger partial charge in [0.25, 0.3) is 5.91 Å². The highest BCUT2D eigenvalue weighted by Gasteiger charge is 2.34. The van der Waals surface area contributed by atoms with Crippen LogP contribution in [0.2, 0.25) is 0 Å². The molecule has 0 N–H and O–H groups in total. The zero-order chi connectivity index (χ0) is 22.0. The molecule has 1 aromatic heterocycles. The first-order chi connectivity index (χ1) is 14.8. The van der Waals surface area contributed by atoms with Gasteiger partial charge in [-0.1, -0.05) is 12.1 Å². The molecule has 2 aromatic carbocycles. The Morgan fingerprint density at radius 2 is 1.61 bits per heavy atom. The van der Waals surface area contributed by atoms with Crippen molar-refractivity contribution in [1.82, 2.24) is 9.47 Å². The quantitative estimate of drug-likeness (QED) is 0.486. The Morgan fingerprint density at radius 1 is 0.968 bits per heavy atom. The van der Waals surface area contributed by atoms with Gasteiger partial charge in [0.15, 0.2) is 0 Å². The summed E-state index contributed by atoms with van der Waals surface area (Å²) in [4.78, 5) is 14.2. The Hall–Kier alpha value is -3.09. The molecule has 0 saturated carbocycles. The molecule has 0 atom stereocenters. The summed E-state index contributed by atoms with van der Waals surface area (Å²) in [7, 11) is 0. The Labute approximate surface area is 177 Å². The van der Waals surface area contributed by atoms with Crippen molar-refractivity contribution in [3.05, 3.63) is 89.5 Å². The van der Waals surface area contributed by atoms with Crippen molar-refractivity contribution in [3.63, 3.8) is 0 Å². The Kier molecular flexibility index (Phi) is 5.85. The average molecular weight is 430 g/mol. The lowest BCUT2D eigenvalue weighted by Gasteiger charge is -2.32. The van der Waals surface area contributed by atoms with E-state index in [2.05, 4.69) is 24.3 Å². The van der Waals surface area contributed by atoms with Crippen molar-refractivity contribution in [1.29, 1.82) is 0 Å². The molecule has 0 radical (unpaired) electrons. The Bertz CT molecular complexity index is 1030. The van der Waals surface area contributed by atoms with Crippen LogP contribution in [-0.2, 0) is 12.6 Å². The molecule has 3 aromatic rings. The third-order valence-corrected chi connectivity index (χ3v) is 5.79. The fourth-order valence-electron chi connectivity index (χ4n) is 4.04. The monoisotopic (exact) mass is 430 g/mol. The molecule has 2 heterocycles. The largest absolute Gasteiger partial charge is 0.419 e. The van der Waals surface area contributed by atoms with Gasteiger partial charge in [0.2, 0.25) is 0 Å². The van der Waals surface area contributed by atoms with Gasteiger partial charge >= 0.3 is 6.18 Å². The second kappa shape index (κ2) is 8.57. The van der Waals surface area contributed by atoms with Crippen LogP contribution in [0.1, 0.15) is 34.3 Å². The summed E-state index contributed by atoms with van der Waals surface area (Å²) in [5.41, 5.74) is 0.915. The molecule has 1 aliphatic rings. The van der Waals surface area contributed by atoms with Gasteiger partial charge in [-0.05, 0) is 73.2 Å². The molecule has 31 heavy (non-hydrogen) atoms. The molecule has 4 rings (SSSR count). The minimum Gasteiger partial charge on any atom is -0.339 e. The lowest BCUT2D eigenvalue weighted by atomic mass is 9.90. The number of aromatic nitrogens is 1. The van der Waals surface area contributed by atoms with Crippen LogP contribution < -0.4 is 0 Å². The molecule has 0 aliphatic carbocycles. The summed E-state index contributed by atoms with van der Waals surface area (Å²) in [5.74, 6) is -1.43. The van der Waals surface area contributed by atoms with E-state index < -0.39 is 23.5 Å². The van der Waals surface area contributed by atoms with Crippen LogP contribution in [0.5, 0.6) is 0 Å². The highest BCUT2D eigenvalue weighted by atomic mass is 19.4. The molecule has 1 saturated heterocycles. The molecule has 0 bridgehead atoms. The molecule has 0 unspecified atom stereocenters. The van der Waals surface area contributed by atoms with Gasteiger partial charge in [-0.25, -0.2) is 4.39 Å². The van der Waals surface area contributed by atoms with Gasteiger partial charge in [0, 0.05) is 36.7 Å². The fraction of sp³-hybridized carbons (Fsp3) is 0.292. The van der Waals surface area contributed by atoms with Gasteiger partial charge in [0.1, 0.15) is 5.82 Å². The van der Waals surface area contributed by atoms with Gasteiger partial charge < -0.3 is 9.47 Å². The maximum absolute atomic E-state index is 13.8. The van der Waals surface area contributed by atoms with E-state index in [1.54, 1.807) is 4.90 Å². The first kappa shape index (κ1) is 21.2. The fourth-order valence-corrected chi connectivity index (χ4v) is 4.04. The van der Waals surface area contributed by atoms with Crippen molar-refractivity contribution in [2.45, 2.75) is 25.4 Å². The van der Waals surface area contributed by atoms with Crippen LogP contribution >= 0.6 is 0 Å². The van der Waals surface area contributed by atoms with Crippen molar-refractivity contribution in [2.75, 3.05) is 13.1 Å². The first-order valence-corrected chi connectivity index (χ1v) is 10.2. The minimum atomic E-state index is -4.77. The first-order valence-electron chi connectivity index (χ1n) is 10.2. The zero-order valence-electron chi connectivity index (χ0n) is 16.8. The maximum atomic E-state index is 13.8. The van der Waals surface area contributed by atoms with Crippen LogP contribution in [0.3, 0.4) is 0 Å². The molecular formula is C24H22F4N2O. The predicted octanol–water partition coefficient (Wildman–Crippen LogP) is 5.73. The van der Waals surface area contributed by atoms with E-state index in [9.17, 15) is 22.4 Å². The van der Waals surface area contributed by atoms with Crippen molar-refractivity contribution >= 4 is 5.91 Å². The van der Waals surface area contributed by atoms with Gasteiger partial charge in [-0.3, -0.25) is 4.79 Å². The van der Waals surface area contributed by atoms with Crippen molar-refractivity contribution in [3.8, 4) is 5.69 Å². The Morgan fingerprint density at radius 3 is 2.19 bits per heavy atom. The van der Waals surface area contributed by atoms with Gasteiger partial charge in [-0.2, -0.15) is 13.2 Å². The number of hydrogen-bond donors (Lipinski definition) is 0. The second-order valence-electron chi connectivity index (χ2n) is 7.89. The van der Waals surface area contributed by atoms with Crippen molar-refractivity contribution < 1.29 is 22.4 Å². The number of benzene rings is 2. The van der Waals surface area contributed by atoms with Crippen LogP contribution in [0.4, 0.5) is 17.6 Å². The summed E-state index contributed by atoms with van der Waals surface area (Å²) in [6, 6.07) is 14.7. The molecule has 7 heteroatoms. The van der Waals surface area contributed by atoms with Crippen LogP contribution in [0.25, 0.3) is 5.69 Å². The maximum Gasteiger partial charge on any atom is 0.419 e. The summed E-state index contributed by atoms with van der Waals surface area (Å²) < 4.78 is 54.0. The number of carbonyl (C=O) groups is 1. The normalized spacial score (nSPS) is 15.3. The number of halogens is 4. The summed E-state index contributed by atoms with van der Waals surface area (Å²) in [6.45, 7) is 1.02. The molecule has 3 nitrogen and oxygen atoms in total. The zero-order valence-corrected chi connectivity index (χ0v) is 16.8. The second-order valence-corrected chi connectivity index (χ2v) is 7.89. The highest BCUT2D eigenvalue weighted by molar-refractivity contribution is 5.94. The van der Waals surface area contributed by atoms with Gasteiger partial charge in [0.05, 0.1) is 5.56 Å². The third-order valence-electron chi connectivity index (χ3n) is 5.79. The minimum absolute atomic E-state index is 0.0513. The smallest absolute Gasteiger partial charge is 0.339 e. The number of rotatable bonds is 4. The number of amides is 1. The standard InChI is InChI=1S/C24H22F4N2O/c25-22-16-19(5-8-21(22)24(26,27)28)23(31)30-13-9-18(10-14-30)15-17-3-6-20(7-4-17)29-11-1-2-12-29/h1-8,11-12,16,18H,9-10,13-15H2. The SMILES string of the molecule is O=C(c1ccc(C(F)(F)F)c(F)c1)N1CCC(Cc2ccc(-n3cccc3)cc2)CC1. The van der Waals surface area contributed by atoms with E-state index in [4.69, 9.17) is 0 Å². The molecule has 1 fully saturated rings. The number of hydrogen-bond acceptors (Lipinski definition) is 1. The van der Waals surface area contributed by atoms with E-state index in [0.717, 1.165) is 31.0 Å². The number of alkyl halides is 3. The van der Waals surface area contributed by atoms with Crippen LogP contribution in [-0.4, -0.2) is 28.5 Å². The van der Waals surface area contributed by atoms with E-state index in [1.807, 2.05) is 29.1 Å². The Balaban J connectivity index is 1.33. The summed E-state index contributed by atoms with van der Waals surface area (Å²) >= 11 is 0. The van der Waals surface area contributed by atoms with Gasteiger partial charge in [-0.15, -0.1) is 0 Å². The van der Waals surface area contributed by atoms with E-state index >= 15 is 0 Å². The molecule has 1 aliphatic heterocycles. The van der Waals surface area contributed by atoms with E-state index in [1.165, 1.54) is 5.56 Å².